The molecule has 0 saturated heterocycles. The summed E-state index contributed by atoms with van der Waals surface area (Å²) in [7, 11) is 0. The number of rotatable bonds is 10. The molecular formula is C37H50N2O6S2. The highest BCUT2D eigenvalue weighted by Crippen LogP contribution is 2.69. The molecule has 7 rings (SSSR count). The van der Waals surface area contributed by atoms with Crippen molar-refractivity contribution in [1.82, 2.24) is 0 Å². The lowest BCUT2D eigenvalue weighted by molar-refractivity contribution is -0.178. The number of aliphatic hydroxyl groups is 1. The molecule has 0 aliphatic heterocycles. The molecule has 0 radical (unpaired) electrons. The van der Waals surface area contributed by atoms with E-state index < -0.39 is 18.4 Å². The zero-order valence-electron chi connectivity index (χ0n) is 27.6. The van der Waals surface area contributed by atoms with Crippen molar-refractivity contribution >= 4 is 46.8 Å². The molecule has 5 N–H and O–H groups in total. The number of carbonyl (C=O) groups excluding carboxylic acids is 3. The Morgan fingerprint density at radius 1 is 1.00 bits per heavy atom. The van der Waals surface area contributed by atoms with E-state index in [0.717, 1.165) is 24.7 Å². The van der Waals surface area contributed by atoms with Crippen LogP contribution in [0.4, 0.5) is 0 Å². The molecule has 10 heteroatoms. The van der Waals surface area contributed by atoms with Crippen LogP contribution >= 0.6 is 23.1 Å². The van der Waals surface area contributed by atoms with Crippen LogP contribution in [0.15, 0.2) is 28.9 Å². The minimum absolute atomic E-state index is 0.0405. The maximum Gasteiger partial charge on any atom is 0.314 e. The Morgan fingerprint density at radius 3 is 2.40 bits per heavy atom. The summed E-state index contributed by atoms with van der Waals surface area (Å²) in [5.41, 5.74) is 15.4. The van der Waals surface area contributed by atoms with Crippen molar-refractivity contribution in [2.24, 2.45) is 58.8 Å². The van der Waals surface area contributed by atoms with Gasteiger partial charge in [0.1, 0.15) is 11.5 Å². The number of thiophene rings is 1. The third-order valence-corrected chi connectivity index (χ3v) is 14.9. The molecule has 0 aromatic carbocycles. The Morgan fingerprint density at radius 2 is 1.70 bits per heavy atom. The number of amides is 1. The topological polar surface area (TPSA) is 142 Å². The molecule has 47 heavy (non-hydrogen) atoms. The Bertz CT molecular complexity index is 1420. The second-order valence-electron chi connectivity index (χ2n) is 15.2. The summed E-state index contributed by atoms with van der Waals surface area (Å²) in [6.45, 7) is 3.91. The Balaban J connectivity index is 1.08. The molecule has 8 nitrogen and oxygen atoms in total. The number of carbonyl (C=O) groups is 3. The number of esters is 1. The van der Waals surface area contributed by atoms with E-state index in [0.29, 0.717) is 62.5 Å². The van der Waals surface area contributed by atoms with Crippen molar-refractivity contribution in [3.63, 3.8) is 0 Å². The Hall–Kier alpha value is -1.98. The first-order chi connectivity index (χ1) is 22.6. The summed E-state index contributed by atoms with van der Waals surface area (Å²) in [5.74, 6) is 2.86. The van der Waals surface area contributed by atoms with Gasteiger partial charge in [-0.15, -0.1) is 23.1 Å². The fourth-order valence-electron chi connectivity index (χ4n) is 9.38. The van der Waals surface area contributed by atoms with Crippen LogP contribution in [0.2, 0.25) is 0 Å². The van der Waals surface area contributed by atoms with Gasteiger partial charge in [0.25, 0.3) is 0 Å². The van der Waals surface area contributed by atoms with Gasteiger partial charge in [-0.1, -0.05) is 11.6 Å². The van der Waals surface area contributed by atoms with E-state index in [1.165, 1.54) is 28.9 Å². The van der Waals surface area contributed by atoms with Gasteiger partial charge in [0.05, 0.1) is 23.3 Å². The first kappa shape index (κ1) is 33.5. The van der Waals surface area contributed by atoms with Crippen LogP contribution in [0.25, 0.3) is 6.08 Å². The van der Waals surface area contributed by atoms with Crippen molar-refractivity contribution in [2.45, 2.75) is 113 Å². The number of primary amides is 1. The van der Waals surface area contributed by atoms with Crippen molar-refractivity contribution in [1.29, 1.82) is 0 Å². The van der Waals surface area contributed by atoms with Crippen LogP contribution in [0.3, 0.4) is 0 Å². The summed E-state index contributed by atoms with van der Waals surface area (Å²) in [6.07, 6.45) is 11.4. The molecule has 0 spiro atoms. The number of nitrogens with two attached hydrogens (primary N) is 2. The van der Waals surface area contributed by atoms with Crippen molar-refractivity contribution in [3.8, 4) is 0 Å². The lowest BCUT2D eigenvalue weighted by atomic mass is 9.68. The van der Waals surface area contributed by atoms with E-state index in [-0.39, 0.29) is 51.8 Å². The van der Waals surface area contributed by atoms with Gasteiger partial charge in [-0.25, -0.2) is 0 Å². The molecule has 0 bridgehead atoms. The summed E-state index contributed by atoms with van der Waals surface area (Å²) in [4.78, 5) is 38.6. The second-order valence-corrected chi connectivity index (χ2v) is 17.7. The van der Waals surface area contributed by atoms with Crippen molar-refractivity contribution < 1.29 is 29.0 Å². The number of hydrogen-bond donors (Lipinski definition) is 3. The molecule has 4 fully saturated rings. The Kier molecular flexibility index (Phi) is 9.79. The van der Waals surface area contributed by atoms with Gasteiger partial charge >= 0.3 is 5.97 Å². The largest absolute Gasteiger partial charge is 0.430 e. The monoisotopic (exact) mass is 682 g/mol. The van der Waals surface area contributed by atoms with E-state index in [4.69, 9.17) is 20.9 Å². The average molecular weight is 683 g/mol. The number of Topliss-reactive ketones (excluding diaryl/α,β-unsaturated/α-hetero) is 1. The maximum absolute atomic E-state index is 13.5. The van der Waals surface area contributed by atoms with Gasteiger partial charge in [0.2, 0.25) is 5.91 Å². The molecule has 1 aromatic rings. The SMILES string of the molecule is CC(=O)C1CCC(C(=O)OC2=CCC(OC(O)C3CCC(C(N)=O)CC3)C(N)C2SC(C)C2=Cc3ccsc3CC3C4CC4C23)CC1. The first-order valence-electron chi connectivity index (χ1n) is 17.8. The molecular weight excluding hydrogens is 633 g/mol. The van der Waals surface area contributed by atoms with E-state index in [1.807, 2.05) is 17.4 Å². The molecule has 1 aromatic heterocycles. The van der Waals surface area contributed by atoms with E-state index >= 15 is 0 Å². The summed E-state index contributed by atoms with van der Waals surface area (Å²) >= 11 is 3.63. The number of fused-ring (bicyclic) bond motifs is 5. The van der Waals surface area contributed by atoms with Gasteiger partial charge < -0.3 is 26.0 Å². The normalized spacial score (nSPS) is 38.9. The van der Waals surface area contributed by atoms with E-state index in [9.17, 15) is 19.5 Å². The molecule has 9 unspecified atom stereocenters. The van der Waals surface area contributed by atoms with Gasteiger partial charge in [-0.3, -0.25) is 14.4 Å². The number of thioether (sulfide) groups is 1. The van der Waals surface area contributed by atoms with Gasteiger partial charge in [-0.2, -0.15) is 0 Å². The predicted molar refractivity (Wildman–Crippen MR) is 184 cm³/mol. The number of aliphatic hydroxyl groups excluding tert-OH is 1. The highest BCUT2D eigenvalue weighted by molar-refractivity contribution is 8.00. The third kappa shape index (κ3) is 6.79. The predicted octanol–water partition coefficient (Wildman–Crippen LogP) is 5.61. The van der Waals surface area contributed by atoms with Crippen LogP contribution in [-0.4, -0.2) is 51.7 Å². The smallest absolute Gasteiger partial charge is 0.314 e. The quantitative estimate of drug-likeness (QED) is 0.214. The standard InChI is InChI=1S/C37H50N2O6S2/c1-18(40)20-3-7-22(8-4-20)37(43)45-30-12-11-29(44-36(42)23-9-5-21(6-10-23)35(39)41)33(38)34(30)47-19(2)25-15-24-13-14-46-31(24)17-28-26-16-27(26)32(25)28/h12-15,19-23,26-29,32-34,36,42H,3-11,16-17,38H2,1-2H3,(H2,39,41). The third-order valence-electron chi connectivity index (χ3n) is 12.4. The average Bonchev–Trinajstić information content (AvgIpc) is 3.64. The number of hydrogen-bond acceptors (Lipinski definition) is 9. The number of ether oxygens (including phenoxy) is 2. The lowest BCUT2D eigenvalue weighted by Crippen LogP contribution is -2.51. The molecule has 4 saturated carbocycles. The minimum Gasteiger partial charge on any atom is -0.430 e. The first-order valence-corrected chi connectivity index (χ1v) is 19.6. The van der Waals surface area contributed by atoms with Crippen LogP contribution in [0.1, 0.15) is 88.5 Å². The summed E-state index contributed by atoms with van der Waals surface area (Å²) in [6, 6.07) is 1.75. The summed E-state index contributed by atoms with van der Waals surface area (Å²) < 4.78 is 12.5. The summed E-state index contributed by atoms with van der Waals surface area (Å²) in [5, 5.41) is 13.2. The zero-order valence-corrected chi connectivity index (χ0v) is 29.2. The van der Waals surface area contributed by atoms with Crippen LogP contribution in [0.5, 0.6) is 0 Å². The number of ketones is 1. The fraction of sp³-hybridized carbons (Fsp3) is 0.703. The minimum atomic E-state index is -0.985. The Labute approximate surface area is 286 Å². The maximum atomic E-state index is 13.5. The molecule has 6 aliphatic carbocycles. The van der Waals surface area contributed by atoms with Crippen molar-refractivity contribution in [3.05, 3.63) is 39.3 Å². The highest BCUT2D eigenvalue weighted by atomic mass is 32.2. The van der Waals surface area contributed by atoms with Gasteiger partial charge in [0, 0.05) is 27.9 Å². The second kappa shape index (κ2) is 13.7. The van der Waals surface area contributed by atoms with Crippen LogP contribution in [-0.2, 0) is 30.3 Å². The van der Waals surface area contributed by atoms with Gasteiger partial charge in [-0.05, 0) is 131 Å². The van der Waals surface area contributed by atoms with Crippen LogP contribution in [0, 0.1) is 47.3 Å². The highest BCUT2D eigenvalue weighted by Gasteiger charge is 2.62. The zero-order chi connectivity index (χ0) is 33.0. The van der Waals surface area contributed by atoms with E-state index in [1.54, 1.807) is 18.7 Å². The molecule has 1 amide bonds. The molecule has 1 heterocycles. The van der Waals surface area contributed by atoms with Crippen molar-refractivity contribution in [2.75, 3.05) is 0 Å². The van der Waals surface area contributed by atoms with Gasteiger partial charge in [0.15, 0.2) is 6.29 Å². The fourth-order valence-corrected chi connectivity index (χ4v) is 11.8. The van der Waals surface area contributed by atoms with E-state index in [2.05, 4.69) is 24.4 Å². The molecule has 6 aliphatic rings. The molecule has 256 valence electrons. The molecule has 9 atom stereocenters. The lowest BCUT2D eigenvalue weighted by Gasteiger charge is -2.42. The van der Waals surface area contributed by atoms with Crippen LogP contribution < -0.4 is 11.5 Å².